The van der Waals surface area contributed by atoms with Crippen LogP contribution in [0.25, 0.3) is 38.8 Å². The van der Waals surface area contributed by atoms with Crippen molar-refractivity contribution < 1.29 is 4.74 Å². The fourth-order valence-corrected chi connectivity index (χ4v) is 7.24. The second-order valence-corrected chi connectivity index (χ2v) is 16.2. The number of rotatable bonds is 7. The lowest BCUT2D eigenvalue weighted by Gasteiger charge is -2.24. The molecule has 0 amide bonds. The van der Waals surface area contributed by atoms with Crippen LogP contribution in [0.2, 0.25) is 0 Å². The van der Waals surface area contributed by atoms with Gasteiger partial charge in [-0.1, -0.05) is 102 Å². The number of pyridine rings is 1. The predicted molar refractivity (Wildman–Crippen MR) is 218 cm³/mol. The van der Waals surface area contributed by atoms with Gasteiger partial charge in [-0.2, -0.15) is 0 Å². The SMILES string of the molecule is CC(C)(C)Cc1cc(-c2ccccc2)cc(N2C=CN(c3cccc(Oc4ccc5c6ccccc6n(-c6cc(C(C)(C)C)ccn6)c5c4)c3)C2)c1. The molecular formula is C47H46N4O. The van der Waals surface area contributed by atoms with E-state index in [1.165, 1.54) is 38.7 Å². The molecule has 0 saturated heterocycles. The highest BCUT2D eigenvalue weighted by molar-refractivity contribution is 6.09. The van der Waals surface area contributed by atoms with Crippen molar-refractivity contribution in [2.24, 2.45) is 5.41 Å². The van der Waals surface area contributed by atoms with Crippen LogP contribution in [0.4, 0.5) is 11.4 Å². The predicted octanol–water partition coefficient (Wildman–Crippen LogP) is 12.3. The van der Waals surface area contributed by atoms with E-state index < -0.39 is 0 Å². The van der Waals surface area contributed by atoms with Gasteiger partial charge in [0.25, 0.3) is 0 Å². The maximum atomic E-state index is 6.59. The Hall–Kier alpha value is -5.81. The molecule has 0 radical (unpaired) electrons. The van der Waals surface area contributed by atoms with Crippen molar-refractivity contribution in [2.45, 2.75) is 53.4 Å². The van der Waals surface area contributed by atoms with Gasteiger partial charge in [-0.25, -0.2) is 4.98 Å². The van der Waals surface area contributed by atoms with Crippen LogP contribution in [0.5, 0.6) is 11.5 Å². The molecule has 3 heterocycles. The molecule has 0 aliphatic carbocycles. The third-order valence-electron chi connectivity index (χ3n) is 9.75. The minimum absolute atomic E-state index is 0.0126. The van der Waals surface area contributed by atoms with E-state index in [0.29, 0.717) is 6.67 Å². The van der Waals surface area contributed by atoms with Crippen molar-refractivity contribution in [2.75, 3.05) is 16.5 Å². The van der Waals surface area contributed by atoms with Crippen molar-refractivity contribution in [3.8, 4) is 28.4 Å². The third kappa shape index (κ3) is 6.79. The molecule has 5 aromatic carbocycles. The molecule has 2 aromatic heterocycles. The first-order valence-corrected chi connectivity index (χ1v) is 18.2. The molecule has 1 aliphatic heterocycles. The summed E-state index contributed by atoms with van der Waals surface area (Å²) in [6, 6.07) is 45.2. The summed E-state index contributed by atoms with van der Waals surface area (Å²) in [5, 5.41) is 2.36. The van der Waals surface area contributed by atoms with Crippen LogP contribution in [-0.4, -0.2) is 16.2 Å². The monoisotopic (exact) mass is 682 g/mol. The maximum absolute atomic E-state index is 6.59. The molecule has 0 unspecified atom stereocenters. The Morgan fingerprint density at radius 3 is 2.12 bits per heavy atom. The van der Waals surface area contributed by atoms with Crippen molar-refractivity contribution in [1.82, 2.24) is 9.55 Å². The molecular weight excluding hydrogens is 637 g/mol. The molecule has 0 fully saturated rings. The average molecular weight is 683 g/mol. The number of hydrogen-bond acceptors (Lipinski definition) is 4. The number of aromatic nitrogens is 2. The highest BCUT2D eigenvalue weighted by Crippen LogP contribution is 2.37. The molecule has 8 rings (SSSR count). The van der Waals surface area contributed by atoms with Crippen LogP contribution >= 0.6 is 0 Å². The highest BCUT2D eigenvalue weighted by atomic mass is 16.5. The van der Waals surface area contributed by atoms with E-state index in [4.69, 9.17) is 9.72 Å². The zero-order valence-electron chi connectivity index (χ0n) is 31.0. The summed E-state index contributed by atoms with van der Waals surface area (Å²) in [4.78, 5) is 9.42. The number of hydrogen-bond donors (Lipinski definition) is 0. The van der Waals surface area contributed by atoms with Gasteiger partial charge in [0, 0.05) is 52.9 Å². The standard InChI is InChI=1S/C47H46N4O/c1-46(2,3)31-33-25-35(34-13-8-7-9-14-34)27-38(26-33)50-24-23-49(32-50)37-15-12-16-39(29-37)52-40-19-20-42-41-17-10-11-18-43(41)51(44(42)30-40)45-28-36(21-22-48-45)47(4,5)6/h7-30H,31-32H2,1-6H3. The summed E-state index contributed by atoms with van der Waals surface area (Å²) in [6.45, 7) is 14.3. The second-order valence-electron chi connectivity index (χ2n) is 16.2. The summed E-state index contributed by atoms with van der Waals surface area (Å²) in [6.07, 6.45) is 7.25. The van der Waals surface area contributed by atoms with Crippen LogP contribution in [-0.2, 0) is 11.8 Å². The van der Waals surface area contributed by atoms with Crippen LogP contribution in [0.15, 0.2) is 146 Å². The summed E-state index contributed by atoms with van der Waals surface area (Å²) in [5.74, 6) is 2.48. The third-order valence-corrected chi connectivity index (χ3v) is 9.75. The quantitative estimate of drug-likeness (QED) is 0.168. The lowest BCUT2D eigenvalue weighted by molar-refractivity contribution is 0.411. The fraction of sp³-hybridized carbons (Fsp3) is 0.213. The Kier molecular flexibility index (Phi) is 8.38. The van der Waals surface area contributed by atoms with Crippen LogP contribution < -0.4 is 14.5 Å². The van der Waals surface area contributed by atoms with Gasteiger partial charge < -0.3 is 14.5 Å². The number of fused-ring (bicyclic) bond motifs is 3. The Balaban J connectivity index is 1.07. The van der Waals surface area contributed by atoms with Crippen molar-refractivity contribution >= 4 is 33.2 Å². The Labute approximate surface area is 307 Å². The molecule has 5 nitrogen and oxygen atoms in total. The normalized spacial score (nSPS) is 13.4. The summed E-state index contributed by atoms with van der Waals surface area (Å²) in [5.41, 5.74) is 9.73. The summed E-state index contributed by atoms with van der Waals surface area (Å²) < 4.78 is 8.85. The van der Waals surface area contributed by atoms with E-state index >= 15 is 0 Å². The van der Waals surface area contributed by atoms with Gasteiger partial charge in [-0.05, 0) is 94.1 Å². The zero-order valence-corrected chi connectivity index (χ0v) is 31.0. The van der Waals surface area contributed by atoms with Gasteiger partial charge in [0.15, 0.2) is 0 Å². The van der Waals surface area contributed by atoms with Gasteiger partial charge in [-0.15, -0.1) is 0 Å². The lowest BCUT2D eigenvalue weighted by atomic mass is 9.87. The van der Waals surface area contributed by atoms with Gasteiger partial charge in [-0.3, -0.25) is 4.57 Å². The Bertz CT molecular complexity index is 2430. The van der Waals surface area contributed by atoms with Crippen molar-refractivity contribution in [3.05, 3.63) is 157 Å². The first-order chi connectivity index (χ1) is 25.0. The van der Waals surface area contributed by atoms with E-state index in [1.807, 2.05) is 12.3 Å². The minimum Gasteiger partial charge on any atom is -0.457 e. The molecule has 0 spiro atoms. The summed E-state index contributed by atoms with van der Waals surface area (Å²) in [7, 11) is 0. The number of benzene rings is 5. The van der Waals surface area contributed by atoms with E-state index in [9.17, 15) is 0 Å². The number of para-hydroxylation sites is 1. The van der Waals surface area contributed by atoms with E-state index in [0.717, 1.165) is 40.5 Å². The first kappa shape index (κ1) is 33.3. The van der Waals surface area contributed by atoms with Gasteiger partial charge >= 0.3 is 0 Å². The smallest absolute Gasteiger partial charge is 0.137 e. The van der Waals surface area contributed by atoms with Gasteiger partial charge in [0.1, 0.15) is 17.3 Å². The minimum atomic E-state index is 0.0126. The molecule has 0 saturated carbocycles. The van der Waals surface area contributed by atoms with Crippen LogP contribution in [0, 0.1) is 5.41 Å². The Morgan fingerprint density at radius 1 is 0.596 bits per heavy atom. The largest absolute Gasteiger partial charge is 0.457 e. The fourth-order valence-electron chi connectivity index (χ4n) is 7.24. The highest BCUT2D eigenvalue weighted by Gasteiger charge is 2.21. The molecule has 1 aliphatic rings. The van der Waals surface area contributed by atoms with E-state index in [-0.39, 0.29) is 10.8 Å². The van der Waals surface area contributed by atoms with Gasteiger partial charge in [0.2, 0.25) is 0 Å². The van der Waals surface area contributed by atoms with Crippen LogP contribution in [0.1, 0.15) is 52.7 Å². The first-order valence-electron chi connectivity index (χ1n) is 18.2. The molecule has 0 atom stereocenters. The second kappa shape index (κ2) is 13.1. The number of ether oxygens (including phenoxy) is 1. The Morgan fingerprint density at radius 2 is 1.33 bits per heavy atom. The molecule has 0 N–H and O–H groups in total. The van der Waals surface area contributed by atoms with Gasteiger partial charge in [0.05, 0.1) is 17.7 Å². The molecule has 0 bridgehead atoms. The topological polar surface area (TPSA) is 33.5 Å². The van der Waals surface area contributed by atoms with Crippen molar-refractivity contribution in [3.63, 3.8) is 0 Å². The molecule has 5 heteroatoms. The zero-order chi connectivity index (χ0) is 36.0. The van der Waals surface area contributed by atoms with Crippen LogP contribution in [0.3, 0.4) is 0 Å². The summed E-state index contributed by atoms with van der Waals surface area (Å²) >= 11 is 0. The molecule has 52 heavy (non-hydrogen) atoms. The lowest BCUT2D eigenvalue weighted by Crippen LogP contribution is -2.24. The molecule has 260 valence electrons. The molecule has 7 aromatic rings. The number of nitrogens with zero attached hydrogens (tertiary/aromatic N) is 4. The van der Waals surface area contributed by atoms with E-state index in [2.05, 4.69) is 190 Å². The number of anilines is 2. The van der Waals surface area contributed by atoms with E-state index in [1.54, 1.807) is 0 Å². The van der Waals surface area contributed by atoms with Crippen molar-refractivity contribution in [1.29, 1.82) is 0 Å². The average Bonchev–Trinajstić information content (AvgIpc) is 3.75. The maximum Gasteiger partial charge on any atom is 0.137 e.